The highest BCUT2D eigenvalue weighted by atomic mass is 32.2. The first kappa shape index (κ1) is 13.3. The van der Waals surface area contributed by atoms with Gasteiger partial charge in [0.2, 0.25) is 5.89 Å². The third-order valence-corrected chi connectivity index (χ3v) is 5.53. The third kappa shape index (κ3) is 2.72. The fraction of sp³-hybridized carbons (Fsp3) is 0.500. The summed E-state index contributed by atoms with van der Waals surface area (Å²) in [6.45, 7) is 2.22. The second-order valence-electron chi connectivity index (χ2n) is 5.87. The van der Waals surface area contributed by atoms with Crippen molar-refractivity contribution < 1.29 is 4.52 Å². The highest BCUT2D eigenvalue weighted by Gasteiger charge is 2.29. The molecule has 1 aromatic carbocycles. The standard InChI is InChI=1S/C16H19N3OS/c1-2-6-14-12(5-1)13(10-21-14)16-18-15(19-20-16)8-11-4-3-7-17-9-11/h1-2,5-6,11,13,17H,3-4,7-10H2. The third-order valence-electron chi connectivity index (χ3n) is 4.35. The van der Waals surface area contributed by atoms with E-state index >= 15 is 0 Å². The van der Waals surface area contributed by atoms with E-state index in [2.05, 4.69) is 39.7 Å². The zero-order chi connectivity index (χ0) is 14.1. The molecule has 1 N–H and O–H groups in total. The molecule has 4 nitrogen and oxygen atoms in total. The van der Waals surface area contributed by atoms with E-state index in [-0.39, 0.29) is 5.92 Å². The molecule has 5 heteroatoms. The Bertz CT molecular complexity index is 621. The molecule has 0 amide bonds. The molecule has 4 rings (SSSR count). The Hall–Kier alpha value is -1.33. The highest BCUT2D eigenvalue weighted by Crippen LogP contribution is 2.42. The van der Waals surface area contributed by atoms with Crippen molar-refractivity contribution in [1.29, 1.82) is 0 Å². The van der Waals surface area contributed by atoms with E-state index in [0.717, 1.165) is 37.0 Å². The second kappa shape index (κ2) is 5.81. The summed E-state index contributed by atoms with van der Waals surface area (Å²) in [5.74, 6) is 3.57. The van der Waals surface area contributed by atoms with E-state index in [1.54, 1.807) is 0 Å². The first-order chi connectivity index (χ1) is 10.4. The van der Waals surface area contributed by atoms with Gasteiger partial charge in [0.15, 0.2) is 5.82 Å². The van der Waals surface area contributed by atoms with Crippen molar-refractivity contribution in [3.8, 4) is 0 Å². The molecule has 0 bridgehead atoms. The lowest BCUT2D eigenvalue weighted by Crippen LogP contribution is -2.31. The topological polar surface area (TPSA) is 51.0 Å². The Morgan fingerprint density at radius 2 is 2.29 bits per heavy atom. The summed E-state index contributed by atoms with van der Waals surface area (Å²) in [5, 5.41) is 7.65. The molecular formula is C16H19N3OS. The molecule has 1 aromatic heterocycles. The fourth-order valence-electron chi connectivity index (χ4n) is 3.22. The fourth-order valence-corrected chi connectivity index (χ4v) is 4.44. The Morgan fingerprint density at radius 1 is 1.33 bits per heavy atom. The zero-order valence-electron chi connectivity index (χ0n) is 11.9. The molecule has 21 heavy (non-hydrogen) atoms. The van der Waals surface area contributed by atoms with E-state index in [1.807, 2.05) is 11.8 Å². The van der Waals surface area contributed by atoms with Gasteiger partial charge in [-0.2, -0.15) is 4.98 Å². The number of hydrogen-bond acceptors (Lipinski definition) is 5. The van der Waals surface area contributed by atoms with Crippen LogP contribution < -0.4 is 5.32 Å². The first-order valence-electron chi connectivity index (χ1n) is 7.65. The number of thioether (sulfide) groups is 1. The largest absolute Gasteiger partial charge is 0.339 e. The van der Waals surface area contributed by atoms with Gasteiger partial charge in [-0.15, -0.1) is 11.8 Å². The van der Waals surface area contributed by atoms with Crippen molar-refractivity contribution in [1.82, 2.24) is 15.5 Å². The van der Waals surface area contributed by atoms with Gasteiger partial charge in [0.1, 0.15) is 0 Å². The molecular weight excluding hydrogens is 282 g/mol. The molecule has 3 heterocycles. The van der Waals surface area contributed by atoms with Crippen LogP contribution in [0.5, 0.6) is 0 Å². The minimum absolute atomic E-state index is 0.261. The molecule has 2 atom stereocenters. The smallest absolute Gasteiger partial charge is 0.235 e. The Kier molecular flexibility index (Phi) is 3.69. The van der Waals surface area contributed by atoms with Crippen LogP contribution in [0.1, 0.15) is 36.0 Å². The molecule has 0 radical (unpaired) electrons. The van der Waals surface area contributed by atoms with E-state index in [1.165, 1.54) is 23.3 Å². The average Bonchev–Trinajstić information content (AvgIpc) is 3.14. The molecule has 1 fully saturated rings. The van der Waals surface area contributed by atoms with Crippen molar-refractivity contribution >= 4 is 11.8 Å². The molecule has 0 aliphatic carbocycles. The Balaban J connectivity index is 1.50. The predicted octanol–water partition coefficient (Wildman–Crippen LogP) is 2.85. The van der Waals surface area contributed by atoms with Gasteiger partial charge in [0.25, 0.3) is 0 Å². The summed E-state index contributed by atoms with van der Waals surface area (Å²) in [5.41, 5.74) is 1.33. The maximum absolute atomic E-state index is 5.55. The normalized spacial score (nSPS) is 25.0. The summed E-state index contributed by atoms with van der Waals surface area (Å²) in [6, 6.07) is 8.52. The number of aromatic nitrogens is 2. The van der Waals surface area contributed by atoms with Crippen LogP contribution >= 0.6 is 11.8 Å². The van der Waals surface area contributed by atoms with Crippen molar-refractivity contribution in [3.05, 3.63) is 41.5 Å². The monoisotopic (exact) mass is 301 g/mol. The van der Waals surface area contributed by atoms with Crippen molar-refractivity contribution in [2.75, 3.05) is 18.8 Å². The van der Waals surface area contributed by atoms with Gasteiger partial charge in [-0.1, -0.05) is 23.4 Å². The van der Waals surface area contributed by atoms with Gasteiger partial charge >= 0.3 is 0 Å². The molecule has 2 aliphatic rings. The lowest BCUT2D eigenvalue weighted by atomic mass is 9.96. The number of rotatable bonds is 3. The Labute approximate surface area is 128 Å². The van der Waals surface area contributed by atoms with Gasteiger partial charge in [-0.3, -0.25) is 0 Å². The second-order valence-corrected chi connectivity index (χ2v) is 6.93. The van der Waals surface area contributed by atoms with Crippen LogP contribution in [0.2, 0.25) is 0 Å². The molecule has 0 saturated carbocycles. The molecule has 2 unspecified atom stereocenters. The lowest BCUT2D eigenvalue weighted by molar-refractivity contribution is 0.347. The summed E-state index contributed by atoms with van der Waals surface area (Å²) in [7, 11) is 0. The van der Waals surface area contributed by atoms with Crippen LogP contribution in [0.25, 0.3) is 0 Å². The summed E-state index contributed by atoms with van der Waals surface area (Å²) in [6.07, 6.45) is 3.44. The van der Waals surface area contributed by atoms with Gasteiger partial charge in [0, 0.05) is 17.1 Å². The number of fused-ring (bicyclic) bond motifs is 1. The lowest BCUT2D eigenvalue weighted by Gasteiger charge is -2.20. The van der Waals surface area contributed by atoms with Gasteiger partial charge in [0.05, 0.1) is 5.92 Å². The number of nitrogens with one attached hydrogen (secondary N) is 1. The molecule has 2 aliphatic heterocycles. The molecule has 2 aromatic rings. The number of benzene rings is 1. The SMILES string of the molecule is c1ccc2c(c1)SCC2c1nc(CC2CCCNC2)no1. The quantitative estimate of drug-likeness (QED) is 0.944. The molecule has 110 valence electrons. The van der Waals surface area contributed by atoms with Crippen molar-refractivity contribution in [2.24, 2.45) is 5.92 Å². The first-order valence-corrected chi connectivity index (χ1v) is 8.63. The number of piperidine rings is 1. The summed E-state index contributed by atoms with van der Waals surface area (Å²) in [4.78, 5) is 6.01. The minimum atomic E-state index is 0.261. The van der Waals surface area contributed by atoms with Crippen molar-refractivity contribution in [2.45, 2.75) is 30.1 Å². The van der Waals surface area contributed by atoms with Crippen LogP contribution in [0.15, 0.2) is 33.7 Å². The van der Waals surface area contributed by atoms with E-state index in [0.29, 0.717) is 5.92 Å². The van der Waals surface area contributed by atoms with E-state index < -0.39 is 0 Å². The van der Waals surface area contributed by atoms with Gasteiger partial charge in [-0.25, -0.2) is 0 Å². The predicted molar refractivity (Wildman–Crippen MR) is 82.6 cm³/mol. The van der Waals surface area contributed by atoms with Crippen molar-refractivity contribution in [3.63, 3.8) is 0 Å². The summed E-state index contributed by atoms with van der Waals surface area (Å²) >= 11 is 1.88. The zero-order valence-corrected chi connectivity index (χ0v) is 12.7. The van der Waals surface area contributed by atoms with Crippen LogP contribution in [-0.4, -0.2) is 29.0 Å². The van der Waals surface area contributed by atoms with Crippen LogP contribution in [-0.2, 0) is 6.42 Å². The number of hydrogen-bond donors (Lipinski definition) is 1. The Morgan fingerprint density at radius 3 is 3.19 bits per heavy atom. The maximum Gasteiger partial charge on any atom is 0.235 e. The maximum atomic E-state index is 5.55. The average molecular weight is 301 g/mol. The van der Waals surface area contributed by atoms with Crippen LogP contribution in [0.3, 0.4) is 0 Å². The minimum Gasteiger partial charge on any atom is -0.339 e. The molecule has 0 spiro atoms. The summed E-state index contributed by atoms with van der Waals surface area (Å²) < 4.78 is 5.55. The number of nitrogens with zero attached hydrogens (tertiary/aromatic N) is 2. The van der Waals surface area contributed by atoms with E-state index in [4.69, 9.17) is 4.52 Å². The van der Waals surface area contributed by atoms with Gasteiger partial charge in [-0.05, 0) is 43.5 Å². The van der Waals surface area contributed by atoms with Crippen LogP contribution in [0.4, 0.5) is 0 Å². The van der Waals surface area contributed by atoms with Gasteiger partial charge < -0.3 is 9.84 Å². The van der Waals surface area contributed by atoms with Crippen LogP contribution in [0, 0.1) is 5.92 Å². The van der Waals surface area contributed by atoms with E-state index in [9.17, 15) is 0 Å². The highest BCUT2D eigenvalue weighted by molar-refractivity contribution is 7.99. The molecule has 1 saturated heterocycles.